The van der Waals surface area contributed by atoms with E-state index in [-0.39, 0.29) is 11.3 Å². The van der Waals surface area contributed by atoms with Crippen molar-refractivity contribution in [1.82, 2.24) is 9.88 Å². The molecule has 3 heteroatoms. The standard InChI is InChI=1S/C21H22N2O/c1-15-7-9-16(10-8-15)20(24)22-14-21(11-12-21)18-13-23(2)19-6-4-3-5-17(18)19/h3-10,13H,11-12,14H2,1-2H3,(H,22,24). The van der Waals surface area contributed by atoms with Crippen LogP contribution in [0.3, 0.4) is 0 Å². The van der Waals surface area contributed by atoms with Gasteiger partial charge in [0.15, 0.2) is 0 Å². The Morgan fingerprint density at radius 2 is 1.83 bits per heavy atom. The number of nitrogens with one attached hydrogen (secondary N) is 1. The quantitative estimate of drug-likeness (QED) is 0.776. The molecule has 0 aliphatic heterocycles. The molecule has 122 valence electrons. The Morgan fingerprint density at radius 1 is 1.12 bits per heavy atom. The van der Waals surface area contributed by atoms with Crippen molar-refractivity contribution in [2.45, 2.75) is 25.2 Å². The summed E-state index contributed by atoms with van der Waals surface area (Å²) in [6.07, 6.45) is 4.50. The number of aromatic nitrogens is 1. The Kier molecular flexibility index (Phi) is 3.45. The molecule has 0 radical (unpaired) electrons. The average Bonchev–Trinajstić information content (AvgIpc) is 3.32. The minimum Gasteiger partial charge on any atom is -0.351 e. The molecule has 1 aliphatic carbocycles. The lowest BCUT2D eigenvalue weighted by molar-refractivity contribution is 0.0949. The molecular formula is C21H22N2O. The van der Waals surface area contributed by atoms with Gasteiger partial charge in [-0.3, -0.25) is 4.79 Å². The molecule has 1 N–H and O–H groups in total. The maximum Gasteiger partial charge on any atom is 0.251 e. The van der Waals surface area contributed by atoms with E-state index >= 15 is 0 Å². The molecule has 2 aromatic carbocycles. The first-order chi connectivity index (χ1) is 11.6. The van der Waals surface area contributed by atoms with Gasteiger partial charge in [-0.2, -0.15) is 0 Å². The second-order valence-corrected chi connectivity index (χ2v) is 7.00. The van der Waals surface area contributed by atoms with Gasteiger partial charge >= 0.3 is 0 Å². The molecule has 1 aromatic heterocycles. The van der Waals surface area contributed by atoms with Crippen LogP contribution < -0.4 is 5.32 Å². The molecule has 1 fully saturated rings. The molecule has 3 nitrogen and oxygen atoms in total. The topological polar surface area (TPSA) is 34.0 Å². The fraction of sp³-hybridized carbons (Fsp3) is 0.286. The maximum atomic E-state index is 12.4. The van der Waals surface area contributed by atoms with Crippen molar-refractivity contribution >= 4 is 16.8 Å². The summed E-state index contributed by atoms with van der Waals surface area (Å²) >= 11 is 0. The first-order valence-corrected chi connectivity index (χ1v) is 8.48. The molecule has 4 rings (SSSR count). The molecule has 0 spiro atoms. The van der Waals surface area contributed by atoms with E-state index in [0.717, 1.165) is 18.4 Å². The van der Waals surface area contributed by atoms with E-state index in [4.69, 9.17) is 0 Å². The lowest BCUT2D eigenvalue weighted by Gasteiger charge is -2.16. The summed E-state index contributed by atoms with van der Waals surface area (Å²) in [6.45, 7) is 2.73. The number of carbonyl (C=O) groups is 1. The highest BCUT2D eigenvalue weighted by atomic mass is 16.1. The number of carbonyl (C=O) groups excluding carboxylic acids is 1. The largest absolute Gasteiger partial charge is 0.351 e. The zero-order chi connectivity index (χ0) is 16.7. The molecule has 24 heavy (non-hydrogen) atoms. The third-order valence-corrected chi connectivity index (χ3v) is 5.22. The van der Waals surface area contributed by atoms with E-state index in [1.54, 1.807) is 0 Å². The number of aryl methyl sites for hydroxylation is 2. The van der Waals surface area contributed by atoms with Crippen molar-refractivity contribution in [3.05, 3.63) is 71.4 Å². The van der Waals surface area contributed by atoms with Crippen LogP contribution >= 0.6 is 0 Å². The Hall–Kier alpha value is -2.55. The highest BCUT2D eigenvalue weighted by molar-refractivity contribution is 5.94. The van der Waals surface area contributed by atoms with Crippen molar-refractivity contribution in [2.75, 3.05) is 6.54 Å². The van der Waals surface area contributed by atoms with E-state index in [2.05, 4.69) is 47.4 Å². The molecule has 1 saturated carbocycles. The van der Waals surface area contributed by atoms with Crippen LogP contribution in [0.1, 0.15) is 34.3 Å². The van der Waals surface area contributed by atoms with E-state index in [0.29, 0.717) is 6.54 Å². The molecule has 0 atom stereocenters. The molecule has 1 amide bonds. The molecule has 1 heterocycles. The Bertz CT molecular complexity index is 901. The van der Waals surface area contributed by atoms with E-state index in [9.17, 15) is 4.79 Å². The monoisotopic (exact) mass is 318 g/mol. The third kappa shape index (κ3) is 2.50. The highest BCUT2D eigenvalue weighted by Crippen LogP contribution is 2.50. The van der Waals surface area contributed by atoms with Gasteiger partial charge in [-0.05, 0) is 43.5 Å². The fourth-order valence-corrected chi connectivity index (χ4v) is 3.51. The van der Waals surface area contributed by atoms with Crippen LogP contribution in [0.4, 0.5) is 0 Å². The SMILES string of the molecule is Cc1ccc(C(=O)NCC2(c3cn(C)c4ccccc34)CC2)cc1. The van der Waals surface area contributed by atoms with Crippen LogP contribution in [0.15, 0.2) is 54.7 Å². The van der Waals surface area contributed by atoms with Crippen molar-refractivity contribution in [3.8, 4) is 0 Å². The van der Waals surface area contributed by atoms with Gasteiger partial charge in [-0.1, -0.05) is 35.9 Å². The number of nitrogens with zero attached hydrogens (tertiary/aromatic N) is 1. The predicted molar refractivity (Wildman–Crippen MR) is 97.3 cm³/mol. The van der Waals surface area contributed by atoms with Gasteiger partial charge in [0.1, 0.15) is 0 Å². The smallest absolute Gasteiger partial charge is 0.251 e. The molecule has 0 bridgehead atoms. The number of hydrogen-bond acceptors (Lipinski definition) is 1. The van der Waals surface area contributed by atoms with Crippen LogP contribution in [0, 0.1) is 6.92 Å². The molecule has 3 aromatic rings. The molecule has 1 aliphatic rings. The van der Waals surface area contributed by atoms with Crippen LogP contribution in [0.2, 0.25) is 0 Å². The second kappa shape index (κ2) is 5.52. The lowest BCUT2D eigenvalue weighted by Crippen LogP contribution is -2.32. The molecule has 0 unspecified atom stereocenters. The summed E-state index contributed by atoms with van der Waals surface area (Å²) in [6, 6.07) is 16.2. The zero-order valence-electron chi connectivity index (χ0n) is 14.2. The van der Waals surface area contributed by atoms with Gasteiger partial charge in [0.05, 0.1) is 0 Å². The summed E-state index contributed by atoms with van der Waals surface area (Å²) in [5.74, 6) is 0.0153. The highest BCUT2D eigenvalue weighted by Gasteiger charge is 2.46. The molecular weight excluding hydrogens is 296 g/mol. The van der Waals surface area contributed by atoms with Gasteiger partial charge in [0.25, 0.3) is 5.91 Å². The van der Waals surface area contributed by atoms with Crippen LogP contribution in [-0.2, 0) is 12.5 Å². The summed E-state index contributed by atoms with van der Waals surface area (Å²) in [5.41, 5.74) is 4.62. The van der Waals surface area contributed by atoms with Gasteiger partial charge in [-0.25, -0.2) is 0 Å². The van der Waals surface area contributed by atoms with Crippen LogP contribution in [-0.4, -0.2) is 17.0 Å². The number of hydrogen-bond donors (Lipinski definition) is 1. The van der Waals surface area contributed by atoms with E-state index in [1.165, 1.54) is 22.0 Å². The summed E-state index contributed by atoms with van der Waals surface area (Å²) in [4.78, 5) is 12.4. The first kappa shape index (κ1) is 15.0. The lowest BCUT2D eigenvalue weighted by atomic mass is 9.95. The Morgan fingerprint density at radius 3 is 2.54 bits per heavy atom. The van der Waals surface area contributed by atoms with Crippen molar-refractivity contribution in [1.29, 1.82) is 0 Å². The van der Waals surface area contributed by atoms with E-state index < -0.39 is 0 Å². The third-order valence-electron chi connectivity index (χ3n) is 5.22. The zero-order valence-corrected chi connectivity index (χ0v) is 14.2. The fourth-order valence-electron chi connectivity index (χ4n) is 3.51. The van der Waals surface area contributed by atoms with Gasteiger partial charge in [-0.15, -0.1) is 0 Å². The molecule has 0 saturated heterocycles. The van der Waals surface area contributed by atoms with Crippen LogP contribution in [0.5, 0.6) is 0 Å². The summed E-state index contributed by atoms with van der Waals surface area (Å²) in [7, 11) is 2.09. The van der Waals surface area contributed by atoms with Crippen molar-refractivity contribution in [3.63, 3.8) is 0 Å². The maximum absolute atomic E-state index is 12.4. The van der Waals surface area contributed by atoms with Crippen molar-refractivity contribution in [2.24, 2.45) is 7.05 Å². The average molecular weight is 318 g/mol. The minimum atomic E-state index is 0.0153. The van der Waals surface area contributed by atoms with Gasteiger partial charge < -0.3 is 9.88 Å². The number of rotatable bonds is 4. The number of benzene rings is 2. The summed E-state index contributed by atoms with van der Waals surface area (Å²) < 4.78 is 2.19. The number of fused-ring (bicyclic) bond motifs is 1. The summed E-state index contributed by atoms with van der Waals surface area (Å²) in [5, 5.41) is 4.45. The number of para-hydroxylation sites is 1. The number of amides is 1. The predicted octanol–water partition coefficient (Wildman–Crippen LogP) is 3.95. The van der Waals surface area contributed by atoms with Crippen LogP contribution in [0.25, 0.3) is 10.9 Å². The van der Waals surface area contributed by atoms with Gasteiger partial charge in [0.2, 0.25) is 0 Å². The minimum absolute atomic E-state index is 0.0153. The van der Waals surface area contributed by atoms with E-state index in [1.807, 2.05) is 31.2 Å². The first-order valence-electron chi connectivity index (χ1n) is 8.48. The normalized spacial score (nSPS) is 15.4. The Balaban J connectivity index is 1.55. The van der Waals surface area contributed by atoms with Gasteiger partial charge in [0, 0.05) is 41.7 Å². The van der Waals surface area contributed by atoms with Crippen molar-refractivity contribution < 1.29 is 4.79 Å². The Labute approximate surface area is 142 Å². The second-order valence-electron chi connectivity index (χ2n) is 7.00.